The molecule has 1 rings (SSSR count). The van der Waals surface area contributed by atoms with Gasteiger partial charge < -0.3 is 9.84 Å². The van der Waals surface area contributed by atoms with E-state index in [0.29, 0.717) is 6.42 Å². The minimum atomic E-state index is -0.633. The van der Waals surface area contributed by atoms with Crippen molar-refractivity contribution < 1.29 is 14.6 Å². The first-order chi connectivity index (χ1) is 10.7. The molecule has 0 aliphatic carbocycles. The molecule has 0 aliphatic heterocycles. The van der Waals surface area contributed by atoms with Crippen molar-refractivity contribution in [2.45, 2.75) is 66.2 Å². The first kappa shape index (κ1) is 21.6. The van der Waals surface area contributed by atoms with Gasteiger partial charge in [-0.3, -0.25) is 4.79 Å². The Bertz CT molecular complexity index is 480. The van der Waals surface area contributed by atoms with Gasteiger partial charge in [-0.25, -0.2) is 0 Å². The largest absolute Gasteiger partial charge is 0.468 e. The van der Waals surface area contributed by atoms with Crippen molar-refractivity contribution in [1.29, 1.82) is 0 Å². The van der Waals surface area contributed by atoms with Crippen LogP contribution in [0.5, 0.6) is 0 Å². The van der Waals surface area contributed by atoms with Crippen molar-refractivity contribution in [3.8, 4) is 0 Å². The molecule has 0 spiro atoms. The predicted molar refractivity (Wildman–Crippen MR) is 96.6 cm³/mol. The second kappa shape index (κ2) is 9.71. The molecule has 1 N–H and O–H groups in total. The summed E-state index contributed by atoms with van der Waals surface area (Å²) in [5, 5.41) is 9.34. The van der Waals surface area contributed by atoms with Crippen molar-refractivity contribution in [3.63, 3.8) is 0 Å². The number of methoxy groups -OCH3 is 1. The van der Waals surface area contributed by atoms with Crippen LogP contribution in [0.1, 0.15) is 65.0 Å². The van der Waals surface area contributed by atoms with Crippen LogP contribution in [0.15, 0.2) is 24.3 Å². The predicted octanol–water partition coefficient (Wildman–Crippen LogP) is 4.64. The van der Waals surface area contributed by atoms with Gasteiger partial charge >= 0.3 is 5.97 Å². The number of aliphatic hydroxyl groups excluding tert-OH is 1. The van der Waals surface area contributed by atoms with E-state index < -0.39 is 5.41 Å². The summed E-state index contributed by atoms with van der Waals surface area (Å²) in [5.74, 6) is -0.199. The lowest BCUT2D eigenvalue weighted by Crippen LogP contribution is -2.34. The number of carbonyl (C=O) groups excluding carboxylic acids is 1. The Kier molecular flexibility index (Phi) is 9.14. The molecule has 0 saturated heterocycles. The summed E-state index contributed by atoms with van der Waals surface area (Å²) in [4.78, 5) is 12.3. The van der Waals surface area contributed by atoms with Crippen LogP contribution in [0.4, 0.5) is 0 Å². The Morgan fingerprint density at radius 3 is 2.26 bits per heavy atom. The molecular weight excluding hydrogens is 288 g/mol. The van der Waals surface area contributed by atoms with E-state index in [2.05, 4.69) is 0 Å². The SMILES string of the molecule is CC.COC(=O)C(C)(CCCC(C)(C)CO)c1cccc(C)c1. The molecule has 0 bridgehead atoms. The summed E-state index contributed by atoms with van der Waals surface area (Å²) in [6.07, 6.45) is 2.46. The number of carbonyl (C=O) groups is 1. The molecule has 1 atom stereocenters. The zero-order valence-electron chi connectivity index (χ0n) is 15.9. The quantitative estimate of drug-likeness (QED) is 0.744. The molecule has 0 radical (unpaired) electrons. The molecule has 23 heavy (non-hydrogen) atoms. The van der Waals surface area contributed by atoms with Crippen molar-refractivity contribution in [1.82, 2.24) is 0 Å². The second-order valence-corrected chi connectivity index (χ2v) is 6.87. The number of aryl methyl sites for hydroxylation is 1. The van der Waals surface area contributed by atoms with E-state index in [-0.39, 0.29) is 18.0 Å². The van der Waals surface area contributed by atoms with Gasteiger partial charge in [0.1, 0.15) is 0 Å². The molecule has 0 saturated carbocycles. The maximum atomic E-state index is 12.3. The van der Waals surface area contributed by atoms with Gasteiger partial charge in [0, 0.05) is 6.61 Å². The van der Waals surface area contributed by atoms with Crippen LogP contribution in [-0.2, 0) is 14.9 Å². The molecule has 0 aromatic heterocycles. The first-order valence-corrected chi connectivity index (χ1v) is 8.51. The summed E-state index contributed by atoms with van der Waals surface area (Å²) < 4.78 is 5.03. The lowest BCUT2D eigenvalue weighted by Gasteiger charge is -2.29. The van der Waals surface area contributed by atoms with Gasteiger partial charge in [0.05, 0.1) is 12.5 Å². The highest BCUT2D eigenvalue weighted by atomic mass is 16.5. The standard InChI is InChI=1S/C18H28O3.C2H6/c1-14-8-6-9-15(12-14)18(4,16(20)21-5)11-7-10-17(2,3)13-19;1-2/h6,8-9,12,19H,7,10-11,13H2,1-5H3;1-2H3. The Hall–Kier alpha value is -1.35. The molecule has 0 amide bonds. The monoisotopic (exact) mass is 322 g/mol. The topological polar surface area (TPSA) is 46.5 Å². The minimum absolute atomic E-state index is 0.108. The number of hydrogen-bond acceptors (Lipinski definition) is 3. The second-order valence-electron chi connectivity index (χ2n) is 6.87. The van der Waals surface area contributed by atoms with Crippen LogP contribution >= 0.6 is 0 Å². The third-order valence-electron chi connectivity index (χ3n) is 4.25. The van der Waals surface area contributed by atoms with E-state index in [9.17, 15) is 9.90 Å². The van der Waals surface area contributed by atoms with Crippen LogP contribution in [0, 0.1) is 12.3 Å². The van der Waals surface area contributed by atoms with Gasteiger partial charge in [0.15, 0.2) is 0 Å². The summed E-state index contributed by atoms with van der Waals surface area (Å²) >= 11 is 0. The molecular formula is C20H34O3. The number of esters is 1. The van der Waals surface area contributed by atoms with Crippen LogP contribution in [0.3, 0.4) is 0 Å². The normalized spacial score (nSPS) is 13.6. The Morgan fingerprint density at radius 1 is 1.17 bits per heavy atom. The number of ether oxygens (including phenoxy) is 1. The van der Waals surface area contributed by atoms with E-state index in [0.717, 1.165) is 24.0 Å². The van der Waals surface area contributed by atoms with Crippen molar-refractivity contribution >= 4 is 5.97 Å². The van der Waals surface area contributed by atoms with Crippen LogP contribution in [-0.4, -0.2) is 24.8 Å². The Balaban J connectivity index is 0.00000232. The van der Waals surface area contributed by atoms with Gasteiger partial charge in [0.25, 0.3) is 0 Å². The van der Waals surface area contributed by atoms with E-state index >= 15 is 0 Å². The number of benzene rings is 1. The third kappa shape index (κ3) is 6.34. The van der Waals surface area contributed by atoms with E-state index in [4.69, 9.17) is 4.74 Å². The molecule has 3 nitrogen and oxygen atoms in total. The van der Waals surface area contributed by atoms with Gasteiger partial charge in [-0.2, -0.15) is 0 Å². The third-order valence-corrected chi connectivity index (χ3v) is 4.25. The van der Waals surface area contributed by atoms with Crippen LogP contribution in [0.25, 0.3) is 0 Å². The summed E-state index contributed by atoms with van der Waals surface area (Å²) in [5.41, 5.74) is 1.39. The highest BCUT2D eigenvalue weighted by Crippen LogP contribution is 2.34. The summed E-state index contributed by atoms with van der Waals surface area (Å²) in [7, 11) is 1.44. The maximum Gasteiger partial charge on any atom is 0.315 e. The van der Waals surface area contributed by atoms with E-state index in [1.54, 1.807) is 0 Å². The fraction of sp³-hybridized carbons (Fsp3) is 0.650. The zero-order chi connectivity index (χ0) is 18.1. The van der Waals surface area contributed by atoms with Gasteiger partial charge in [0.2, 0.25) is 0 Å². The van der Waals surface area contributed by atoms with Crippen molar-refractivity contribution in [3.05, 3.63) is 35.4 Å². The number of rotatable bonds is 7. The Labute approximate surface area is 142 Å². The smallest absolute Gasteiger partial charge is 0.315 e. The fourth-order valence-electron chi connectivity index (χ4n) is 2.58. The van der Waals surface area contributed by atoms with E-state index in [1.165, 1.54) is 7.11 Å². The summed E-state index contributed by atoms with van der Waals surface area (Å²) in [6, 6.07) is 8.04. The molecule has 0 fully saturated rings. The van der Waals surface area contributed by atoms with E-state index in [1.807, 2.05) is 65.8 Å². The Morgan fingerprint density at radius 2 is 1.78 bits per heavy atom. The lowest BCUT2D eigenvalue weighted by atomic mass is 9.76. The molecule has 0 heterocycles. The lowest BCUT2D eigenvalue weighted by molar-refractivity contribution is -0.147. The minimum Gasteiger partial charge on any atom is -0.468 e. The zero-order valence-corrected chi connectivity index (χ0v) is 15.9. The molecule has 1 unspecified atom stereocenters. The number of hydrogen-bond donors (Lipinski definition) is 1. The van der Waals surface area contributed by atoms with Crippen molar-refractivity contribution in [2.24, 2.45) is 5.41 Å². The first-order valence-electron chi connectivity index (χ1n) is 8.51. The molecule has 132 valence electrons. The van der Waals surface area contributed by atoms with Crippen LogP contribution in [0.2, 0.25) is 0 Å². The highest BCUT2D eigenvalue weighted by Gasteiger charge is 2.36. The van der Waals surface area contributed by atoms with Gasteiger partial charge in [-0.05, 0) is 37.7 Å². The average Bonchev–Trinajstić information content (AvgIpc) is 2.55. The average molecular weight is 322 g/mol. The molecule has 1 aromatic carbocycles. The van der Waals surface area contributed by atoms with Crippen LogP contribution < -0.4 is 0 Å². The van der Waals surface area contributed by atoms with Crippen molar-refractivity contribution in [2.75, 3.05) is 13.7 Å². The fourth-order valence-corrected chi connectivity index (χ4v) is 2.58. The van der Waals surface area contributed by atoms with Gasteiger partial charge in [-0.15, -0.1) is 0 Å². The molecule has 0 aliphatic rings. The number of aliphatic hydroxyl groups is 1. The molecule has 1 aromatic rings. The highest BCUT2D eigenvalue weighted by molar-refractivity contribution is 5.82. The van der Waals surface area contributed by atoms with Gasteiger partial charge in [-0.1, -0.05) is 63.9 Å². The molecule has 3 heteroatoms. The maximum absolute atomic E-state index is 12.3. The summed E-state index contributed by atoms with van der Waals surface area (Å²) in [6.45, 7) is 12.2.